The summed E-state index contributed by atoms with van der Waals surface area (Å²) in [6.07, 6.45) is 1.30. The first-order valence-corrected chi connectivity index (χ1v) is 11.7. The van der Waals surface area contributed by atoms with Crippen molar-refractivity contribution in [1.29, 1.82) is 0 Å². The van der Waals surface area contributed by atoms with Crippen LogP contribution < -0.4 is 5.32 Å². The highest BCUT2D eigenvalue weighted by Crippen LogP contribution is 2.28. The quantitative estimate of drug-likeness (QED) is 0.670. The third-order valence-electron chi connectivity index (χ3n) is 5.47. The summed E-state index contributed by atoms with van der Waals surface area (Å²) in [4.78, 5) is 24.1. The maximum Gasteiger partial charge on any atom is 0.326 e. The number of hydrogen-bond donors (Lipinski definition) is 2. The van der Waals surface area contributed by atoms with Crippen LogP contribution in [0, 0.1) is 11.8 Å². The zero-order valence-corrected chi connectivity index (χ0v) is 17.9. The highest BCUT2D eigenvalue weighted by atomic mass is 32.2. The Kier molecular flexibility index (Phi) is 6.49. The van der Waals surface area contributed by atoms with E-state index in [1.54, 1.807) is 19.1 Å². The third kappa shape index (κ3) is 4.41. The van der Waals surface area contributed by atoms with Gasteiger partial charge in [-0.2, -0.15) is 13.1 Å². The van der Waals surface area contributed by atoms with Crippen molar-refractivity contribution in [3.63, 3.8) is 0 Å². The molecule has 1 amide bonds. The molecule has 1 aromatic heterocycles. The van der Waals surface area contributed by atoms with E-state index in [0.717, 1.165) is 11.7 Å². The lowest BCUT2D eigenvalue weighted by Gasteiger charge is -2.31. The number of nitrogens with one attached hydrogen (secondary N) is 1. The van der Waals surface area contributed by atoms with Crippen molar-refractivity contribution in [1.82, 2.24) is 18.4 Å². The molecule has 3 rings (SSSR count). The Balaban J connectivity index is 1.68. The molecule has 2 aromatic rings. The van der Waals surface area contributed by atoms with Crippen molar-refractivity contribution in [2.75, 3.05) is 13.1 Å². The van der Waals surface area contributed by atoms with Gasteiger partial charge in [0.25, 0.3) is 0 Å². The summed E-state index contributed by atoms with van der Waals surface area (Å²) in [7, 11) is -3.75. The molecule has 0 saturated carbocycles. The Morgan fingerprint density at radius 3 is 2.62 bits per heavy atom. The molecule has 0 aliphatic carbocycles. The third-order valence-corrected chi connectivity index (χ3v) is 7.94. The first-order valence-electron chi connectivity index (χ1n) is 9.50. The molecule has 1 saturated heterocycles. The van der Waals surface area contributed by atoms with E-state index in [1.165, 1.54) is 10.4 Å². The Bertz CT molecular complexity index is 999. The molecule has 2 N–H and O–H groups in total. The van der Waals surface area contributed by atoms with Gasteiger partial charge in [0.15, 0.2) is 0 Å². The number of aliphatic carboxylic acids is 1. The summed E-state index contributed by atoms with van der Waals surface area (Å²) in [6, 6.07) is 3.92. The molecule has 1 aromatic carbocycles. The SMILES string of the molecule is CC[C@H](C)[C@H](NC(=O)C1CCN(S(=O)(=O)c2cccc3nsnc23)CC1)C(=O)O. The number of hydrogen-bond acceptors (Lipinski definition) is 7. The van der Waals surface area contributed by atoms with Gasteiger partial charge in [0.1, 0.15) is 22.0 Å². The molecule has 2 heterocycles. The van der Waals surface area contributed by atoms with Gasteiger partial charge in [0, 0.05) is 19.0 Å². The maximum absolute atomic E-state index is 13.1. The Hall–Kier alpha value is -2.11. The molecule has 11 heteroatoms. The fraction of sp³-hybridized carbons (Fsp3) is 0.556. The number of amides is 1. The largest absolute Gasteiger partial charge is 0.480 e. The van der Waals surface area contributed by atoms with E-state index in [-0.39, 0.29) is 29.8 Å². The van der Waals surface area contributed by atoms with E-state index in [2.05, 4.69) is 14.1 Å². The lowest BCUT2D eigenvalue weighted by Crippen LogP contribution is -2.49. The predicted octanol–water partition coefficient (Wildman–Crippen LogP) is 1.71. The van der Waals surface area contributed by atoms with Gasteiger partial charge < -0.3 is 10.4 Å². The minimum Gasteiger partial charge on any atom is -0.480 e. The van der Waals surface area contributed by atoms with E-state index in [0.29, 0.717) is 30.3 Å². The molecular formula is C18H24N4O5S2. The second kappa shape index (κ2) is 8.72. The zero-order valence-electron chi connectivity index (χ0n) is 16.2. The fourth-order valence-corrected chi connectivity index (χ4v) is 5.66. The lowest BCUT2D eigenvalue weighted by atomic mass is 9.94. The van der Waals surface area contributed by atoms with E-state index in [1.807, 2.05) is 6.92 Å². The van der Waals surface area contributed by atoms with Crippen LogP contribution in [0.2, 0.25) is 0 Å². The molecule has 2 atom stereocenters. The van der Waals surface area contributed by atoms with Crippen LogP contribution in [0.3, 0.4) is 0 Å². The number of carboxylic acids is 1. The second-order valence-electron chi connectivity index (χ2n) is 7.28. The number of benzene rings is 1. The van der Waals surface area contributed by atoms with E-state index in [9.17, 15) is 23.1 Å². The second-order valence-corrected chi connectivity index (χ2v) is 9.71. The molecule has 158 valence electrons. The molecule has 1 aliphatic heterocycles. The number of aromatic nitrogens is 2. The van der Waals surface area contributed by atoms with E-state index >= 15 is 0 Å². The Morgan fingerprint density at radius 2 is 2.00 bits per heavy atom. The number of piperidine rings is 1. The summed E-state index contributed by atoms with van der Waals surface area (Å²) >= 11 is 0.962. The van der Waals surface area contributed by atoms with Gasteiger partial charge in [0.05, 0.1) is 11.7 Å². The highest BCUT2D eigenvalue weighted by Gasteiger charge is 2.35. The van der Waals surface area contributed by atoms with Gasteiger partial charge in [-0.05, 0) is 30.9 Å². The van der Waals surface area contributed by atoms with E-state index < -0.39 is 28.0 Å². The molecule has 1 aliphatic rings. The van der Waals surface area contributed by atoms with Crippen LogP contribution in [-0.2, 0) is 19.6 Å². The summed E-state index contributed by atoms with van der Waals surface area (Å²) in [5.41, 5.74) is 0.894. The average Bonchev–Trinajstić information content (AvgIpc) is 3.19. The predicted molar refractivity (Wildman–Crippen MR) is 108 cm³/mol. The van der Waals surface area contributed by atoms with Crippen LogP contribution in [0.1, 0.15) is 33.1 Å². The van der Waals surface area contributed by atoms with Crippen LogP contribution in [0.25, 0.3) is 11.0 Å². The number of carbonyl (C=O) groups excluding carboxylic acids is 1. The smallest absolute Gasteiger partial charge is 0.326 e. The van der Waals surface area contributed by atoms with Crippen LogP contribution in [0.15, 0.2) is 23.1 Å². The lowest BCUT2D eigenvalue weighted by molar-refractivity contribution is -0.144. The van der Waals surface area contributed by atoms with Crippen molar-refractivity contribution >= 4 is 44.7 Å². The van der Waals surface area contributed by atoms with Gasteiger partial charge in [-0.15, -0.1) is 0 Å². The van der Waals surface area contributed by atoms with Crippen molar-refractivity contribution in [3.05, 3.63) is 18.2 Å². The Morgan fingerprint density at radius 1 is 1.31 bits per heavy atom. The van der Waals surface area contributed by atoms with Crippen molar-refractivity contribution < 1.29 is 23.1 Å². The number of fused-ring (bicyclic) bond motifs is 1. The van der Waals surface area contributed by atoms with E-state index in [4.69, 9.17) is 0 Å². The fourth-order valence-electron chi connectivity index (χ4n) is 3.44. The van der Waals surface area contributed by atoms with Gasteiger partial charge in [-0.3, -0.25) is 4.79 Å². The number of sulfonamides is 1. The number of carboxylic acid groups (broad SMARTS) is 1. The standard InChI is InChI=1S/C18H24N4O5S2/c1-3-11(2)15(18(24)25)19-17(23)12-7-9-22(10-8-12)29(26,27)14-6-4-5-13-16(14)21-28-20-13/h4-6,11-12,15H,3,7-10H2,1-2H3,(H,19,23)(H,24,25)/t11-,15-/m0/s1. The van der Waals surface area contributed by atoms with Crippen molar-refractivity contribution in [3.8, 4) is 0 Å². The van der Waals surface area contributed by atoms with Gasteiger partial charge in [0.2, 0.25) is 15.9 Å². The first kappa shape index (κ1) is 21.6. The molecule has 9 nitrogen and oxygen atoms in total. The number of rotatable bonds is 7. The molecular weight excluding hydrogens is 416 g/mol. The summed E-state index contributed by atoms with van der Waals surface area (Å²) in [6.45, 7) is 4.03. The van der Waals surface area contributed by atoms with Crippen LogP contribution in [0.4, 0.5) is 0 Å². The molecule has 0 radical (unpaired) electrons. The monoisotopic (exact) mass is 440 g/mol. The van der Waals surface area contributed by atoms with Gasteiger partial charge >= 0.3 is 5.97 Å². The van der Waals surface area contributed by atoms with Crippen LogP contribution in [0.5, 0.6) is 0 Å². The van der Waals surface area contributed by atoms with Gasteiger partial charge in [-0.25, -0.2) is 13.2 Å². The summed E-state index contributed by atoms with van der Waals surface area (Å²) in [5, 5.41) is 12.0. The normalized spacial score (nSPS) is 18.4. The first-order chi connectivity index (χ1) is 13.8. The average molecular weight is 441 g/mol. The van der Waals surface area contributed by atoms with Crippen molar-refractivity contribution in [2.24, 2.45) is 11.8 Å². The molecule has 0 bridgehead atoms. The summed E-state index contributed by atoms with van der Waals surface area (Å²) in [5.74, 6) is -1.99. The molecule has 0 spiro atoms. The number of nitrogens with zero attached hydrogens (tertiary/aromatic N) is 3. The molecule has 1 fully saturated rings. The van der Waals surface area contributed by atoms with Crippen LogP contribution >= 0.6 is 11.7 Å². The van der Waals surface area contributed by atoms with Crippen molar-refractivity contribution in [2.45, 2.75) is 44.0 Å². The maximum atomic E-state index is 13.1. The zero-order chi connectivity index (χ0) is 21.2. The van der Waals surface area contributed by atoms with Gasteiger partial charge in [-0.1, -0.05) is 26.3 Å². The minimum atomic E-state index is -3.75. The molecule has 29 heavy (non-hydrogen) atoms. The minimum absolute atomic E-state index is 0.120. The highest BCUT2D eigenvalue weighted by molar-refractivity contribution is 7.89. The summed E-state index contributed by atoms with van der Waals surface area (Å²) < 4.78 is 35.7. The van der Waals surface area contributed by atoms with Crippen LogP contribution in [-0.4, -0.2) is 57.6 Å². The topological polar surface area (TPSA) is 130 Å². The molecule has 0 unspecified atom stereocenters. The number of carbonyl (C=O) groups is 2. The Labute approximate surface area is 173 Å².